The standard InChI is InChI=1S/C24H20FN3/c1-28-14-21(18-7-6-16-4-2-3-5-17(16)12-18)19-8-9-20(24(25)22(19)15-28)23-13-26-10-11-27-23/h2-13,21H,14-15H2,1H3. The van der Waals surface area contributed by atoms with E-state index in [1.165, 1.54) is 16.3 Å². The summed E-state index contributed by atoms with van der Waals surface area (Å²) in [7, 11) is 2.05. The molecule has 1 aliphatic heterocycles. The lowest BCUT2D eigenvalue weighted by molar-refractivity contribution is 0.289. The van der Waals surface area contributed by atoms with Crippen molar-refractivity contribution >= 4 is 10.8 Å². The predicted octanol–water partition coefficient (Wildman–Crippen LogP) is 5.01. The zero-order valence-corrected chi connectivity index (χ0v) is 15.6. The minimum Gasteiger partial charge on any atom is -0.301 e. The van der Waals surface area contributed by atoms with E-state index >= 15 is 4.39 Å². The highest BCUT2D eigenvalue weighted by atomic mass is 19.1. The average molecular weight is 369 g/mol. The minimum absolute atomic E-state index is 0.142. The summed E-state index contributed by atoms with van der Waals surface area (Å²) in [5.41, 5.74) is 4.13. The van der Waals surface area contributed by atoms with Gasteiger partial charge in [0.25, 0.3) is 0 Å². The number of hydrogen-bond donors (Lipinski definition) is 0. The van der Waals surface area contributed by atoms with Crippen LogP contribution in [0.1, 0.15) is 22.6 Å². The Labute approximate surface area is 163 Å². The summed E-state index contributed by atoms with van der Waals surface area (Å²) in [6, 6.07) is 18.8. The van der Waals surface area contributed by atoms with Crippen LogP contribution in [-0.2, 0) is 6.54 Å². The van der Waals surface area contributed by atoms with Crippen LogP contribution in [0.15, 0.2) is 73.2 Å². The van der Waals surface area contributed by atoms with Crippen LogP contribution >= 0.6 is 0 Å². The fourth-order valence-corrected chi connectivity index (χ4v) is 4.21. The molecule has 138 valence electrons. The van der Waals surface area contributed by atoms with Crippen molar-refractivity contribution < 1.29 is 4.39 Å². The van der Waals surface area contributed by atoms with E-state index in [2.05, 4.69) is 63.4 Å². The van der Waals surface area contributed by atoms with Crippen molar-refractivity contribution in [3.05, 3.63) is 95.7 Å². The average Bonchev–Trinajstić information content (AvgIpc) is 2.74. The lowest BCUT2D eigenvalue weighted by atomic mass is 9.83. The predicted molar refractivity (Wildman–Crippen MR) is 110 cm³/mol. The summed E-state index contributed by atoms with van der Waals surface area (Å²) in [6.45, 7) is 1.47. The SMILES string of the molecule is CN1Cc2c(ccc(-c3cnccn3)c2F)C(c2ccc3ccccc3c2)C1. The summed E-state index contributed by atoms with van der Waals surface area (Å²) in [5.74, 6) is -0.0425. The molecule has 5 rings (SSSR count). The van der Waals surface area contributed by atoms with Gasteiger partial charge >= 0.3 is 0 Å². The van der Waals surface area contributed by atoms with Gasteiger partial charge in [0.05, 0.1) is 11.9 Å². The molecular weight excluding hydrogens is 349 g/mol. The van der Waals surface area contributed by atoms with Crippen LogP contribution < -0.4 is 0 Å². The van der Waals surface area contributed by atoms with Gasteiger partial charge < -0.3 is 4.90 Å². The third-order valence-electron chi connectivity index (χ3n) is 5.59. The van der Waals surface area contributed by atoms with Gasteiger partial charge in [0.1, 0.15) is 5.82 Å². The van der Waals surface area contributed by atoms with Gasteiger partial charge in [-0.1, -0.05) is 48.5 Å². The van der Waals surface area contributed by atoms with Gasteiger partial charge in [-0.05, 0) is 35.0 Å². The summed E-state index contributed by atoms with van der Waals surface area (Å²) in [6.07, 6.45) is 4.81. The van der Waals surface area contributed by atoms with Gasteiger partial charge in [0.15, 0.2) is 0 Å². The second kappa shape index (κ2) is 6.80. The molecule has 0 fully saturated rings. The molecule has 1 unspecified atom stereocenters. The van der Waals surface area contributed by atoms with E-state index < -0.39 is 0 Å². The Kier molecular flexibility index (Phi) is 4.14. The fourth-order valence-electron chi connectivity index (χ4n) is 4.21. The van der Waals surface area contributed by atoms with Crippen molar-refractivity contribution in [3.63, 3.8) is 0 Å². The lowest BCUT2D eigenvalue weighted by Crippen LogP contribution is -2.31. The highest BCUT2D eigenvalue weighted by Gasteiger charge is 2.28. The van der Waals surface area contributed by atoms with Gasteiger partial charge in [-0.25, -0.2) is 4.39 Å². The zero-order chi connectivity index (χ0) is 19.1. The molecular formula is C24H20FN3. The Morgan fingerprint density at radius 1 is 1.00 bits per heavy atom. The summed E-state index contributed by atoms with van der Waals surface area (Å²) < 4.78 is 15.5. The smallest absolute Gasteiger partial charge is 0.137 e. The molecule has 1 aliphatic rings. The van der Waals surface area contributed by atoms with Gasteiger partial charge in [-0.15, -0.1) is 0 Å². The highest BCUT2D eigenvalue weighted by molar-refractivity contribution is 5.83. The van der Waals surface area contributed by atoms with E-state index in [1.807, 2.05) is 13.1 Å². The number of likely N-dealkylation sites (N-methyl/N-ethyl adjacent to an activating group) is 1. The van der Waals surface area contributed by atoms with Crippen LogP contribution in [0.25, 0.3) is 22.0 Å². The maximum atomic E-state index is 15.5. The fraction of sp³-hybridized carbons (Fsp3) is 0.167. The molecule has 0 N–H and O–H groups in total. The molecule has 1 atom stereocenters. The Bertz CT molecular complexity index is 1160. The molecule has 4 aromatic rings. The van der Waals surface area contributed by atoms with Crippen molar-refractivity contribution in [1.82, 2.24) is 14.9 Å². The first-order valence-electron chi connectivity index (χ1n) is 9.45. The number of benzene rings is 3. The van der Waals surface area contributed by atoms with Gasteiger partial charge in [-0.2, -0.15) is 0 Å². The van der Waals surface area contributed by atoms with Crippen LogP contribution in [0.3, 0.4) is 0 Å². The Morgan fingerprint density at radius 3 is 2.68 bits per heavy atom. The third kappa shape index (κ3) is 2.86. The third-order valence-corrected chi connectivity index (χ3v) is 5.59. The summed E-state index contributed by atoms with van der Waals surface area (Å²) in [5, 5.41) is 2.44. The maximum Gasteiger partial charge on any atom is 0.137 e. The largest absolute Gasteiger partial charge is 0.301 e. The molecule has 4 heteroatoms. The Balaban J connectivity index is 1.63. The maximum absolute atomic E-state index is 15.5. The minimum atomic E-state index is -0.185. The molecule has 0 spiro atoms. The molecule has 28 heavy (non-hydrogen) atoms. The number of fused-ring (bicyclic) bond motifs is 2. The van der Waals surface area contributed by atoms with Crippen molar-refractivity contribution in [2.24, 2.45) is 0 Å². The first-order chi connectivity index (χ1) is 13.7. The monoisotopic (exact) mass is 369 g/mol. The van der Waals surface area contributed by atoms with Crippen LogP contribution in [-0.4, -0.2) is 28.5 Å². The quantitative estimate of drug-likeness (QED) is 0.497. The Hall–Kier alpha value is -3.11. The van der Waals surface area contributed by atoms with Gasteiger partial charge in [-0.3, -0.25) is 9.97 Å². The van der Waals surface area contributed by atoms with Crippen molar-refractivity contribution in [3.8, 4) is 11.3 Å². The molecule has 2 heterocycles. The second-order valence-electron chi connectivity index (χ2n) is 7.44. The first-order valence-corrected chi connectivity index (χ1v) is 9.45. The molecule has 3 aromatic carbocycles. The molecule has 0 radical (unpaired) electrons. The molecule has 0 bridgehead atoms. The summed E-state index contributed by atoms with van der Waals surface area (Å²) >= 11 is 0. The second-order valence-corrected chi connectivity index (χ2v) is 7.44. The van der Waals surface area contributed by atoms with Gasteiger partial charge in [0, 0.05) is 42.5 Å². The van der Waals surface area contributed by atoms with E-state index in [9.17, 15) is 0 Å². The molecule has 3 nitrogen and oxygen atoms in total. The molecule has 0 saturated heterocycles. The van der Waals surface area contributed by atoms with E-state index in [4.69, 9.17) is 0 Å². The Morgan fingerprint density at radius 2 is 1.86 bits per heavy atom. The van der Waals surface area contributed by atoms with Crippen LogP contribution in [0.4, 0.5) is 4.39 Å². The molecule has 0 amide bonds. The van der Waals surface area contributed by atoms with E-state index in [0.717, 1.165) is 17.7 Å². The van der Waals surface area contributed by atoms with E-state index in [-0.39, 0.29) is 11.7 Å². The number of nitrogens with zero attached hydrogens (tertiary/aromatic N) is 3. The van der Waals surface area contributed by atoms with E-state index in [0.29, 0.717) is 17.8 Å². The number of halogens is 1. The lowest BCUT2D eigenvalue weighted by Gasteiger charge is -2.33. The topological polar surface area (TPSA) is 29.0 Å². The number of aromatic nitrogens is 2. The van der Waals surface area contributed by atoms with Crippen molar-refractivity contribution in [2.45, 2.75) is 12.5 Å². The van der Waals surface area contributed by atoms with E-state index in [1.54, 1.807) is 18.6 Å². The zero-order valence-electron chi connectivity index (χ0n) is 15.6. The van der Waals surface area contributed by atoms with Crippen molar-refractivity contribution in [2.75, 3.05) is 13.6 Å². The molecule has 1 aromatic heterocycles. The van der Waals surface area contributed by atoms with Gasteiger partial charge in [0.2, 0.25) is 0 Å². The van der Waals surface area contributed by atoms with Crippen LogP contribution in [0.2, 0.25) is 0 Å². The number of rotatable bonds is 2. The normalized spacial score (nSPS) is 16.9. The van der Waals surface area contributed by atoms with Crippen LogP contribution in [0, 0.1) is 5.82 Å². The molecule has 0 saturated carbocycles. The summed E-state index contributed by atoms with van der Waals surface area (Å²) in [4.78, 5) is 10.5. The number of hydrogen-bond acceptors (Lipinski definition) is 3. The van der Waals surface area contributed by atoms with Crippen LogP contribution in [0.5, 0.6) is 0 Å². The highest BCUT2D eigenvalue weighted by Crippen LogP contribution is 2.38. The first kappa shape index (κ1) is 17.0. The van der Waals surface area contributed by atoms with Crippen molar-refractivity contribution in [1.29, 1.82) is 0 Å². The molecule has 0 aliphatic carbocycles.